The molecular formula is C8H10Cl2N2. The molecule has 1 saturated carbocycles. The lowest BCUT2D eigenvalue weighted by Gasteiger charge is -2.00. The van der Waals surface area contributed by atoms with Gasteiger partial charge in [-0.1, -0.05) is 0 Å². The molecule has 1 aromatic rings. The molecule has 2 nitrogen and oxygen atoms in total. The first-order valence-electron chi connectivity index (χ1n) is 3.77. The SMILES string of the molecule is Cl.ClCc1nccnc1C1CC1. The van der Waals surface area contributed by atoms with Crippen molar-refractivity contribution in [2.45, 2.75) is 24.6 Å². The Balaban J connectivity index is 0.000000720. The second-order valence-electron chi connectivity index (χ2n) is 2.80. The van der Waals surface area contributed by atoms with Crippen LogP contribution in [0, 0.1) is 0 Å². The third-order valence-electron chi connectivity index (χ3n) is 1.90. The molecule has 0 amide bonds. The Hall–Kier alpha value is -0.340. The summed E-state index contributed by atoms with van der Waals surface area (Å²) in [7, 11) is 0. The number of alkyl halides is 1. The Labute approximate surface area is 82.8 Å². The van der Waals surface area contributed by atoms with Crippen molar-refractivity contribution >= 4 is 24.0 Å². The summed E-state index contributed by atoms with van der Waals surface area (Å²) < 4.78 is 0. The van der Waals surface area contributed by atoms with Crippen molar-refractivity contribution in [1.82, 2.24) is 9.97 Å². The van der Waals surface area contributed by atoms with Gasteiger partial charge in [-0.3, -0.25) is 9.97 Å². The van der Waals surface area contributed by atoms with E-state index in [0.717, 1.165) is 11.4 Å². The molecular weight excluding hydrogens is 195 g/mol. The number of rotatable bonds is 2. The topological polar surface area (TPSA) is 25.8 Å². The molecule has 0 bridgehead atoms. The Morgan fingerprint density at radius 2 is 2.00 bits per heavy atom. The third-order valence-corrected chi connectivity index (χ3v) is 2.15. The second kappa shape index (κ2) is 4.06. The fraction of sp³-hybridized carbons (Fsp3) is 0.500. The fourth-order valence-corrected chi connectivity index (χ4v) is 1.38. The van der Waals surface area contributed by atoms with Crippen LogP contribution in [0.1, 0.15) is 30.1 Å². The standard InChI is InChI=1S/C8H9ClN2.ClH/c9-5-7-8(6-1-2-6)11-4-3-10-7;/h3-4,6H,1-2,5H2;1H. The minimum Gasteiger partial charge on any atom is -0.257 e. The summed E-state index contributed by atoms with van der Waals surface area (Å²) in [5, 5.41) is 0. The van der Waals surface area contributed by atoms with Crippen molar-refractivity contribution in [3.63, 3.8) is 0 Å². The van der Waals surface area contributed by atoms with Crippen molar-refractivity contribution in [2.75, 3.05) is 0 Å². The molecule has 1 aliphatic rings. The molecule has 0 aromatic carbocycles. The van der Waals surface area contributed by atoms with Crippen molar-refractivity contribution in [3.05, 3.63) is 23.8 Å². The van der Waals surface area contributed by atoms with E-state index in [9.17, 15) is 0 Å². The lowest BCUT2D eigenvalue weighted by atomic mass is 10.2. The van der Waals surface area contributed by atoms with Gasteiger partial charge in [0.1, 0.15) is 0 Å². The van der Waals surface area contributed by atoms with E-state index < -0.39 is 0 Å². The maximum atomic E-state index is 5.70. The molecule has 0 saturated heterocycles. The van der Waals surface area contributed by atoms with E-state index in [2.05, 4.69) is 9.97 Å². The minimum atomic E-state index is 0. The van der Waals surface area contributed by atoms with Crippen LogP contribution in [0.3, 0.4) is 0 Å². The predicted molar refractivity (Wildman–Crippen MR) is 50.8 cm³/mol. The van der Waals surface area contributed by atoms with Crippen molar-refractivity contribution < 1.29 is 0 Å². The average molecular weight is 205 g/mol. The quantitative estimate of drug-likeness (QED) is 0.693. The van der Waals surface area contributed by atoms with Crippen LogP contribution in [0.4, 0.5) is 0 Å². The number of aromatic nitrogens is 2. The van der Waals surface area contributed by atoms with E-state index in [-0.39, 0.29) is 12.4 Å². The third kappa shape index (κ3) is 1.87. The van der Waals surface area contributed by atoms with E-state index >= 15 is 0 Å². The Kier molecular flexibility index (Phi) is 3.29. The summed E-state index contributed by atoms with van der Waals surface area (Å²) in [5.41, 5.74) is 2.07. The van der Waals surface area contributed by atoms with E-state index in [4.69, 9.17) is 11.6 Å². The van der Waals surface area contributed by atoms with E-state index in [1.807, 2.05) is 0 Å². The molecule has 2 rings (SSSR count). The minimum absolute atomic E-state index is 0. The highest BCUT2D eigenvalue weighted by atomic mass is 35.5. The summed E-state index contributed by atoms with van der Waals surface area (Å²) in [6.07, 6.45) is 5.94. The summed E-state index contributed by atoms with van der Waals surface area (Å²) in [6, 6.07) is 0. The van der Waals surface area contributed by atoms with Crippen LogP contribution in [-0.4, -0.2) is 9.97 Å². The normalized spacial score (nSPS) is 15.4. The Morgan fingerprint density at radius 1 is 1.33 bits per heavy atom. The first kappa shape index (κ1) is 9.75. The molecule has 1 fully saturated rings. The molecule has 1 heterocycles. The molecule has 1 aliphatic carbocycles. The molecule has 4 heteroatoms. The Bertz CT molecular complexity index is 261. The first-order chi connectivity index (χ1) is 5.42. The molecule has 0 aliphatic heterocycles. The van der Waals surface area contributed by atoms with Gasteiger partial charge in [-0.25, -0.2) is 0 Å². The molecule has 12 heavy (non-hydrogen) atoms. The van der Waals surface area contributed by atoms with Gasteiger partial charge in [-0.05, 0) is 12.8 Å². The van der Waals surface area contributed by atoms with E-state index in [1.165, 1.54) is 12.8 Å². The molecule has 66 valence electrons. The monoisotopic (exact) mass is 204 g/mol. The zero-order valence-electron chi connectivity index (χ0n) is 6.53. The zero-order valence-corrected chi connectivity index (χ0v) is 8.11. The Morgan fingerprint density at radius 3 is 2.58 bits per heavy atom. The maximum Gasteiger partial charge on any atom is 0.0769 e. The van der Waals surface area contributed by atoms with E-state index in [1.54, 1.807) is 12.4 Å². The van der Waals surface area contributed by atoms with Gasteiger partial charge in [-0.15, -0.1) is 24.0 Å². The molecule has 0 N–H and O–H groups in total. The lowest BCUT2D eigenvalue weighted by molar-refractivity contribution is 0.937. The molecule has 0 atom stereocenters. The lowest BCUT2D eigenvalue weighted by Crippen LogP contribution is -1.95. The molecule has 0 spiro atoms. The van der Waals surface area contributed by atoms with Gasteiger partial charge in [-0.2, -0.15) is 0 Å². The number of nitrogens with zero attached hydrogens (tertiary/aromatic N) is 2. The van der Waals surface area contributed by atoms with Crippen molar-refractivity contribution in [3.8, 4) is 0 Å². The highest BCUT2D eigenvalue weighted by Crippen LogP contribution is 2.40. The largest absolute Gasteiger partial charge is 0.257 e. The van der Waals surface area contributed by atoms with Gasteiger partial charge in [0, 0.05) is 18.3 Å². The van der Waals surface area contributed by atoms with Gasteiger partial charge in [0.2, 0.25) is 0 Å². The van der Waals surface area contributed by atoms with Crippen LogP contribution in [0.5, 0.6) is 0 Å². The van der Waals surface area contributed by atoms with Crippen molar-refractivity contribution in [2.24, 2.45) is 0 Å². The van der Waals surface area contributed by atoms with Gasteiger partial charge in [0.15, 0.2) is 0 Å². The van der Waals surface area contributed by atoms with Crippen LogP contribution < -0.4 is 0 Å². The summed E-state index contributed by atoms with van der Waals surface area (Å²) in [5.74, 6) is 1.14. The summed E-state index contributed by atoms with van der Waals surface area (Å²) >= 11 is 5.70. The molecule has 1 aromatic heterocycles. The highest BCUT2D eigenvalue weighted by molar-refractivity contribution is 6.16. The van der Waals surface area contributed by atoms with Gasteiger partial charge in [0.25, 0.3) is 0 Å². The van der Waals surface area contributed by atoms with Crippen LogP contribution >= 0.6 is 24.0 Å². The van der Waals surface area contributed by atoms with Gasteiger partial charge < -0.3 is 0 Å². The predicted octanol–water partition coefficient (Wildman–Crippen LogP) is 2.51. The highest BCUT2D eigenvalue weighted by Gasteiger charge is 2.27. The zero-order chi connectivity index (χ0) is 7.68. The molecule has 0 radical (unpaired) electrons. The number of hydrogen-bond donors (Lipinski definition) is 0. The smallest absolute Gasteiger partial charge is 0.0769 e. The van der Waals surface area contributed by atoms with Crippen LogP contribution in [0.2, 0.25) is 0 Å². The molecule has 0 unspecified atom stereocenters. The van der Waals surface area contributed by atoms with Gasteiger partial charge in [0.05, 0.1) is 17.3 Å². The average Bonchev–Trinajstić information content (AvgIpc) is 2.87. The number of hydrogen-bond acceptors (Lipinski definition) is 2. The second-order valence-corrected chi connectivity index (χ2v) is 3.06. The fourth-order valence-electron chi connectivity index (χ4n) is 1.18. The summed E-state index contributed by atoms with van der Waals surface area (Å²) in [6.45, 7) is 0. The number of halogens is 2. The van der Waals surface area contributed by atoms with Gasteiger partial charge >= 0.3 is 0 Å². The first-order valence-corrected chi connectivity index (χ1v) is 4.31. The van der Waals surface area contributed by atoms with Crippen molar-refractivity contribution in [1.29, 1.82) is 0 Å². The van der Waals surface area contributed by atoms with Crippen LogP contribution in [0.25, 0.3) is 0 Å². The van der Waals surface area contributed by atoms with Crippen LogP contribution in [0.15, 0.2) is 12.4 Å². The van der Waals surface area contributed by atoms with E-state index in [0.29, 0.717) is 11.8 Å². The summed E-state index contributed by atoms with van der Waals surface area (Å²) in [4.78, 5) is 8.43. The maximum absolute atomic E-state index is 5.70. The van der Waals surface area contributed by atoms with Crippen LogP contribution in [-0.2, 0) is 5.88 Å².